The van der Waals surface area contributed by atoms with Crippen LogP contribution in [-0.4, -0.2) is 10.2 Å². The molecule has 20 heavy (non-hydrogen) atoms. The van der Waals surface area contributed by atoms with Crippen molar-refractivity contribution in [1.29, 1.82) is 0 Å². The van der Waals surface area contributed by atoms with E-state index < -0.39 is 18.3 Å². The lowest BCUT2D eigenvalue weighted by Crippen LogP contribution is -2.08. The number of aliphatic hydroxyl groups is 1. The summed E-state index contributed by atoms with van der Waals surface area (Å²) in [5, 5.41) is 18.1. The third-order valence-electron chi connectivity index (χ3n) is 2.79. The van der Waals surface area contributed by atoms with Crippen LogP contribution in [0.15, 0.2) is 36.4 Å². The van der Waals surface area contributed by atoms with Crippen molar-refractivity contribution in [3.63, 3.8) is 0 Å². The average molecular weight is 303 g/mol. The Balaban J connectivity index is 2.70. The van der Waals surface area contributed by atoms with Crippen LogP contribution in [0, 0.1) is 0 Å². The summed E-state index contributed by atoms with van der Waals surface area (Å²) in [5.74, 6) is -0.0505. The van der Waals surface area contributed by atoms with Crippen molar-refractivity contribution in [3.8, 4) is 16.9 Å². The summed E-state index contributed by atoms with van der Waals surface area (Å²) in [5.41, 5.74) is -0.759. The average Bonchev–Trinajstić information content (AvgIpc) is 2.38. The molecular formula is C14H10ClF3O2. The molecule has 0 aliphatic heterocycles. The molecule has 2 rings (SSSR count). The van der Waals surface area contributed by atoms with Gasteiger partial charge >= 0.3 is 6.18 Å². The van der Waals surface area contributed by atoms with Crippen LogP contribution >= 0.6 is 11.6 Å². The van der Waals surface area contributed by atoms with E-state index in [1.165, 1.54) is 30.3 Å². The zero-order chi connectivity index (χ0) is 14.9. The number of aliphatic hydroxyl groups excluding tert-OH is 1. The van der Waals surface area contributed by atoms with Gasteiger partial charge in [-0.3, -0.25) is 0 Å². The monoisotopic (exact) mass is 302 g/mol. The molecule has 0 aliphatic carbocycles. The third kappa shape index (κ3) is 2.89. The van der Waals surface area contributed by atoms with Crippen LogP contribution in [0.5, 0.6) is 5.75 Å². The van der Waals surface area contributed by atoms with Gasteiger partial charge in [-0.05, 0) is 35.4 Å². The van der Waals surface area contributed by atoms with E-state index in [-0.39, 0.29) is 27.5 Å². The Morgan fingerprint density at radius 2 is 1.65 bits per heavy atom. The van der Waals surface area contributed by atoms with Gasteiger partial charge in [0.05, 0.1) is 12.2 Å². The summed E-state index contributed by atoms with van der Waals surface area (Å²) in [4.78, 5) is 0. The van der Waals surface area contributed by atoms with E-state index in [0.29, 0.717) is 0 Å². The molecule has 0 aromatic heterocycles. The second-order valence-corrected chi connectivity index (χ2v) is 4.61. The maximum atomic E-state index is 13.1. The van der Waals surface area contributed by atoms with Gasteiger partial charge in [0.25, 0.3) is 0 Å². The van der Waals surface area contributed by atoms with Gasteiger partial charge in [-0.1, -0.05) is 23.7 Å². The Bertz CT molecular complexity index is 622. The van der Waals surface area contributed by atoms with Crippen molar-refractivity contribution in [3.05, 3.63) is 52.5 Å². The standard InChI is InChI=1S/C14H10ClF3O2/c15-12-6-8(7-19)5-11(14(16,17)18)13(12)9-1-3-10(20)4-2-9/h1-6,19-20H,7H2. The zero-order valence-electron chi connectivity index (χ0n) is 10.1. The molecule has 106 valence electrons. The summed E-state index contributed by atoms with van der Waals surface area (Å²) < 4.78 is 39.4. The SMILES string of the molecule is OCc1cc(Cl)c(-c2ccc(O)cc2)c(C(F)(F)F)c1. The van der Waals surface area contributed by atoms with Crippen LogP contribution in [-0.2, 0) is 12.8 Å². The van der Waals surface area contributed by atoms with Crippen molar-refractivity contribution in [1.82, 2.24) is 0 Å². The Morgan fingerprint density at radius 3 is 2.15 bits per heavy atom. The van der Waals surface area contributed by atoms with Gasteiger partial charge in [-0.15, -0.1) is 0 Å². The van der Waals surface area contributed by atoms with Crippen molar-refractivity contribution in [2.45, 2.75) is 12.8 Å². The fourth-order valence-electron chi connectivity index (χ4n) is 1.90. The highest BCUT2D eigenvalue weighted by molar-refractivity contribution is 6.33. The van der Waals surface area contributed by atoms with Crippen LogP contribution in [0.1, 0.15) is 11.1 Å². The summed E-state index contributed by atoms with van der Waals surface area (Å²) >= 11 is 5.92. The first-order chi connectivity index (χ1) is 9.32. The van der Waals surface area contributed by atoms with Gasteiger partial charge in [0, 0.05) is 10.6 Å². The third-order valence-corrected chi connectivity index (χ3v) is 3.09. The van der Waals surface area contributed by atoms with Crippen LogP contribution < -0.4 is 0 Å². The largest absolute Gasteiger partial charge is 0.508 e. The van der Waals surface area contributed by atoms with Gasteiger partial charge in [-0.25, -0.2) is 0 Å². The van der Waals surface area contributed by atoms with Crippen LogP contribution in [0.25, 0.3) is 11.1 Å². The van der Waals surface area contributed by atoms with Gasteiger partial charge in [0.1, 0.15) is 5.75 Å². The van der Waals surface area contributed by atoms with Crippen molar-refractivity contribution in [2.24, 2.45) is 0 Å². The number of alkyl halides is 3. The molecule has 0 unspecified atom stereocenters. The first-order valence-corrected chi connectivity index (χ1v) is 6.00. The Morgan fingerprint density at radius 1 is 1.05 bits per heavy atom. The second-order valence-electron chi connectivity index (χ2n) is 4.20. The lowest BCUT2D eigenvalue weighted by molar-refractivity contribution is -0.137. The quantitative estimate of drug-likeness (QED) is 0.872. The lowest BCUT2D eigenvalue weighted by atomic mass is 9.97. The van der Waals surface area contributed by atoms with E-state index in [1.807, 2.05) is 0 Å². The first-order valence-electron chi connectivity index (χ1n) is 5.63. The smallest absolute Gasteiger partial charge is 0.417 e. The van der Waals surface area contributed by atoms with Gasteiger partial charge in [0.2, 0.25) is 0 Å². The number of aromatic hydroxyl groups is 1. The predicted molar refractivity (Wildman–Crippen MR) is 69.5 cm³/mol. The van der Waals surface area contributed by atoms with E-state index in [1.54, 1.807) is 0 Å². The molecule has 0 saturated heterocycles. The van der Waals surface area contributed by atoms with Crippen LogP contribution in [0.4, 0.5) is 13.2 Å². The fourth-order valence-corrected chi connectivity index (χ4v) is 2.25. The molecule has 0 spiro atoms. The molecule has 2 aromatic carbocycles. The minimum atomic E-state index is -4.60. The molecule has 2 aromatic rings. The molecule has 0 fully saturated rings. The molecule has 0 amide bonds. The summed E-state index contributed by atoms with van der Waals surface area (Å²) in [6, 6.07) is 7.43. The highest BCUT2D eigenvalue weighted by Gasteiger charge is 2.35. The maximum absolute atomic E-state index is 13.1. The number of phenols is 1. The molecule has 0 radical (unpaired) electrons. The summed E-state index contributed by atoms with van der Waals surface area (Å²) in [6.45, 7) is -0.529. The highest BCUT2D eigenvalue weighted by Crippen LogP contribution is 2.42. The fraction of sp³-hybridized carbons (Fsp3) is 0.143. The Hall–Kier alpha value is -1.72. The number of rotatable bonds is 2. The number of hydrogen-bond acceptors (Lipinski definition) is 2. The van der Waals surface area contributed by atoms with Crippen molar-refractivity contribution < 1.29 is 23.4 Å². The molecule has 6 heteroatoms. The number of benzene rings is 2. The minimum Gasteiger partial charge on any atom is -0.508 e. The second kappa shape index (κ2) is 5.34. The topological polar surface area (TPSA) is 40.5 Å². The molecule has 2 N–H and O–H groups in total. The molecule has 2 nitrogen and oxygen atoms in total. The lowest BCUT2D eigenvalue weighted by Gasteiger charge is -2.16. The van der Waals surface area contributed by atoms with Gasteiger partial charge in [0.15, 0.2) is 0 Å². The zero-order valence-corrected chi connectivity index (χ0v) is 10.8. The first kappa shape index (κ1) is 14.7. The Labute approximate surface area is 118 Å². The van der Waals surface area contributed by atoms with Gasteiger partial charge < -0.3 is 10.2 Å². The van der Waals surface area contributed by atoms with E-state index in [4.69, 9.17) is 16.7 Å². The molecule has 0 saturated carbocycles. The van der Waals surface area contributed by atoms with Crippen LogP contribution in [0.3, 0.4) is 0 Å². The molecular weight excluding hydrogens is 293 g/mol. The van der Waals surface area contributed by atoms with E-state index in [0.717, 1.165) is 6.07 Å². The van der Waals surface area contributed by atoms with Crippen molar-refractivity contribution in [2.75, 3.05) is 0 Å². The van der Waals surface area contributed by atoms with E-state index in [2.05, 4.69) is 0 Å². The normalized spacial score (nSPS) is 11.7. The summed E-state index contributed by atoms with van der Waals surface area (Å²) in [7, 11) is 0. The molecule has 0 aliphatic rings. The Kier molecular flexibility index (Phi) is 3.92. The molecule has 0 bridgehead atoms. The van der Waals surface area contributed by atoms with Gasteiger partial charge in [-0.2, -0.15) is 13.2 Å². The minimum absolute atomic E-state index is 0.0505. The number of phenolic OH excluding ortho intramolecular Hbond substituents is 1. The number of hydrogen-bond donors (Lipinski definition) is 2. The molecule has 0 atom stereocenters. The highest BCUT2D eigenvalue weighted by atomic mass is 35.5. The van der Waals surface area contributed by atoms with Crippen LogP contribution in [0.2, 0.25) is 5.02 Å². The predicted octanol–water partition coefficient (Wildman–Crippen LogP) is 4.22. The van der Waals surface area contributed by atoms with E-state index in [9.17, 15) is 18.3 Å². The molecule has 0 heterocycles. The summed E-state index contributed by atoms with van der Waals surface area (Å²) in [6.07, 6.45) is -4.60. The van der Waals surface area contributed by atoms with E-state index >= 15 is 0 Å². The maximum Gasteiger partial charge on any atom is 0.417 e. The number of halogens is 4. The van der Waals surface area contributed by atoms with Crippen molar-refractivity contribution >= 4 is 11.6 Å².